The third-order valence-corrected chi connectivity index (χ3v) is 4.19. The van der Waals surface area contributed by atoms with Crippen LogP contribution in [-0.2, 0) is 12.0 Å². The molecule has 0 fully saturated rings. The number of thiazole rings is 1. The number of nitrogens with one attached hydrogen (secondary N) is 1. The van der Waals surface area contributed by atoms with E-state index in [1.54, 1.807) is 11.3 Å². The second kappa shape index (κ2) is 5.79. The van der Waals surface area contributed by atoms with Gasteiger partial charge in [0.2, 0.25) is 0 Å². The molecule has 0 radical (unpaired) electrons. The van der Waals surface area contributed by atoms with Crippen molar-refractivity contribution in [3.63, 3.8) is 0 Å². The lowest BCUT2D eigenvalue weighted by Crippen LogP contribution is -2.11. The third-order valence-electron chi connectivity index (χ3n) is 2.87. The van der Waals surface area contributed by atoms with E-state index in [9.17, 15) is 0 Å². The summed E-state index contributed by atoms with van der Waals surface area (Å²) < 4.78 is 0. The molecule has 2 heterocycles. The van der Waals surface area contributed by atoms with Crippen LogP contribution in [0.1, 0.15) is 31.5 Å². The first kappa shape index (κ1) is 14.8. The van der Waals surface area contributed by atoms with Crippen molar-refractivity contribution in [2.45, 2.75) is 32.7 Å². The molecule has 5 heteroatoms. The topological polar surface area (TPSA) is 41.0 Å². The van der Waals surface area contributed by atoms with E-state index in [4.69, 9.17) is 0 Å². The van der Waals surface area contributed by atoms with E-state index < -0.39 is 0 Å². The Kier molecular flexibility index (Phi) is 4.28. The molecule has 20 heavy (non-hydrogen) atoms. The zero-order chi connectivity index (χ0) is 14.8. The maximum atomic E-state index is 4.67. The zero-order valence-corrected chi connectivity index (χ0v) is 13.6. The van der Waals surface area contributed by atoms with Crippen molar-refractivity contribution in [3.05, 3.63) is 34.4 Å². The van der Waals surface area contributed by atoms with Gasteiger partial charge in [-0.05, 0) is 12.1 Å². The first-order valence-electron chi connectivity index (χ1n) is 6.68. The molecule has 0 aliphatic rings. The maximum absolute atomic E-state index is 4.67. The minimum atomic E-state index is 0.123. The highest BCUT2D eigenvalue weighted by atomic mass is 32.1. The van der Waals surface area contributed by atoms with Crippen LogP contribution in [0.4, 0.5) is 11.5 Å². The van der Waals surface area contributed by atoms with Gasteiger partial charge in [0.15, 0.2) is 0 Å². The lowest BCUT2D eigenvalue weighted by molar-refractivity contribution is 0.583. The molecule has 0 saturated heterocycles. The van der Waals surface area contributed by atoms with Gasteiger partial charge in [-0.15, -0.1) is 11.3 Å². The minimum Gasteiger partial charge on any atom is -0.378 e. The van der Waals surface area contributed by atoms with Gasteiger partial charge in [0.05, 0.1) is 29.1 Å². The van der Waals surface area contributed by atoms with Gasteiger partial charge in [-0.25, -0.2) is 9.97 Å². The minimum absolute atomic E-state index is 0.123. The molecule has 2 aromatic heterocycles. The first-order chi connectivity index (χ1) is 9.36. The normalized spacial score (nSPS) is 11.4. The monoisotopic (exact) mass is 290 g/mol. The molecule has 0 bridgehead atoms. The summed E-state index contributed by atoms with van der Waals surface area (Å²) in [6, 6.07) is 4.04. The molecular formula is C15H22N4S. The molecule has 0 saturated carbocycles. The van der Waals surface area contributed by atoms with Crippen LogP contribution in [0, 0.1) is 0 Å². The van der Waals surface area contributed by atoms with Crippen LogP contribution >= 0.6 is 11.3 Å². The lowest BCUT2D eigenvalue weighted by atomic mass is 9.98. The van der Waals surface area contributed by atoms with E-state index in [0.29, 0.717) is 0 Å². The van der Waals surface area contributed by atoms with E-state index in [0.717, 1.165) is 23.7 Å². The van der Waals surface area contributed by atoms with Gasteiger partial charge in [0, 0.05) is 24.9 Å². The Balaban J connectivity index is 1.96. The van der Waals surface area contributed by atoms with Gasteiger partial charge in [0.25, 0.3) is 0 Å². The predicted octanol–water partition coefficient (Wildman–Crippen LogP) is 3.51. The van der Waals surface area contributed by atoms with Gasteiger partial charge in [-0.1, -0.05) is 20.8 Å². The van der Waals surface area contributed by atoms with Crippen molar-refractivity contribution in [1.29, 1.82) is 0 Å². The van der Waals surface area contributed by atoms with Gasteiger partial charge in [0.1, 0.15) is 5.82 Å². The molecule has 0 aliphatic carbocycles. The molecule has 0 unspecified atom stereocenters. The zero-order valence-electron chi connectivity index (χ0n) is 12.8. The Bertz CT molecular complexity index is 552. The van der Waals surface area contributed by atoms with Crippen LogP contribution in [0.2, 0.25) is 0 Å². The van der Waals surface area contributed by atoms with E-state index >= 15 is 0 Å². The largest absolute Gasteiger partial charge is 0.378 e. The first-order valence-corrected chi connectivity index (χ1v) is 7.56. The highest BCUT2D eigenvalue weighted by molar-refractivity contribution is 7.09. The van der Waals surface area contributed by atoms with Crippen molar-refractivity contribution < 1.29 is 0 Å². The Morgan fingerprint density at radius 3 is 2.50 bits per heavy atom. The number of rotatable bonds is 4. The number of pyridine rings is 1. The summed E-state index contributed by atoms with van der Waals surface area (Å²) in [7, 11) is 3.97. The molecule has 0 aliphatic heterocycles. The fourth-order valence-corrected chi connectivity index (χ4v) is 2.59. The maximum Gasteiger partial charge on any atom is 0.128 e. The molecule has 4 nitrogen and oxygen atoms in total. The fraction of sp³-hybridized carbons (Fsp3) is 0.467. The van der Waals surface area contributed by atoms with Crippen molar-refractivity contribution >= 4 is 22.8 Å². The van der Waals surface area contributed by atoms with Gasteiger partial charge in [-0.2, -0.15) is 0 Å². The number of hydrogen-bond acceptors (Lipinski definition) is 5. The SMILES string of the molecule is CN(C)c1ccc(NCc2csc(C(C)(C)C)n2)cn1. The molecule has 2 aromatic rings. The number of aromatic nitrogens is 2. The second-order valence-corrected chi connectivity index (χ2v) is 6.91. The molecule has 0 aromatic carbocycles. The predicted molar refractivity (Wildman–Crippen MR) is 86.7 cm³/mol. The van der Waals surface area contributed by atoms with Crippen LogP contribution in [0.3, 0.4) is 0 Å². The van der Waals surface area contributed by atoms with Crippen LogP contribution in [0.25, 0.3) is 0 Å². The van der Waals surface area contributed by atoms with Crippen LogP contribution in [0.5, 0.6) is 0 Å². The second-order valence-electron chi connectivity index (χ2n) is 6.05. The summed E-state index contributed by atoms with van der Waals surface area (Å²) in [5.74, 6) is 0.958. The molecule has 2 rings (SSSR count). The van der Waals surface area contributed by atoms with E-state index in [-0.39, 0.29) is 5.41 Å². The van der Waals surface area contributed by atoms with Gasteiger partial charge in [-0.3, -0.25) is 0 Å². The summed E-state index contributed by atoms with van der Waals surface area (Å²) in [4.78, 5) is 11.0. The molecule has 0 atom stereocenters. The molecule has 1 N–H and O–H groups in total. The summed E-state index contributed by atoms with van der Waals surface area (Å²) in [6.07, 6.45) is 1.85. The third kappa shape index (κ3) is 3.70. The fourth-order valence-electron chi connectivity index (χ4n) is 1.68. The highest BCUT2D eigenvalue weighted by Gasteiger charge is 2.17. The van der Waals surface area contributed by atoms with Crippen LogP contribution < -0.4 is 10.2 Å². The van der Waals surface area contributed by atoms with Gasteiger partial charge < -0.3 is 10.2 Å². The van der Waals surface area contributed by atoms with Crippen molar-refractivity contribution in [1.82, 2.24) is 9.97 Å². The quantitative estimate of drug-likeness (QED) is 0.935. The lowest BCUT2D eigenvalue weighted by Gasteiger charge is -2.13. The molecular weight excluding hydrogens is 268 g/mol. The van der Waals surface area contributed by atoms with Crippen molar-refractivity contribution in [3.8, 4) is 0 Å². The Morgan fingerprint density at radius 1 is 1.25 bits per heavy atom. The summed E-state index contributed by atoms with van der Waals surface area (Å²) in [5, 5.41) is 6.65. The Hall–Kier alpha value is -1.62. The van der Waals surface area contributed by atoms with E-state index in [1.807, 2.05) is 37.3 Å². The van der Waals surface area contributed by atoms with Crippen LogP contribution in [0.15, 0.2) is 23.7 Å². The number of anilines is 2. The Morgan fingerprint density at radius 2 is 2.00 bits per heavy atom. The molecule has 108 valence electrons. The summed E-state index contributed by atoms with van der Waals surface area (Å²) in [6.45, 7) is 7.29. The van der Waals surface area contributed by atoms with Crippen molar-refractivity contribution in [2.24, 2.45) is 0 Å². The highest BCUT2D eigenvalue weighted by Crippen LogP contribution is 2.25. The van der Waals surface area contributed by atoms with Crippen molar-refractivity contribution in [2.75, 3.05) is 24.3 Å². The number of hydrogen-bond donors (Lipinski definition) is 1. The smallest absolute Gasteiger partial charge is 0.128 e. The van der Waals surface area contributed by atoms with Crippen LogP contribution in [-0.4, -0.2) is 24.1 Å². The van der Waals surface area contributed by atoms with E-state index in [2.05, 4.69) is 41.4 Å². The summed E-state index contributed by atoms with van der Waals surface area (Å²) >= 11 is 1.72. The van der Waals surface area contributed by atoms with E-state index in [1.165, 1.54) is 5.01 Å². The number of nitrogens with zero attached hydrogens (tertiary/aromatic N) is 3. The summed E-state index contributed by atoms with van der Waals surface area (Å²) in [5.41, 5.74) is 2.22. The standard InChI is InChI=1S/C15H22N4S/c1-15(2,3)14-18-12(10-20-14)9-16-11-6-7-13(17-8-11)19(4)5/h6-8,10,16H,9H2,1-5H3. The van der Waals surface area contributed by atoms with Gasteiger partial charge >= 0.3 is 0 Å². The molecule has 0 amide bonds. The molecule has 0 spiro atoms. The Labute approximate surface area is 124 Å². The average Bonchev–Trinajstić information content (AvgIpc) is 2.85. The average molecular weight is 290 g/mol.